The van der Waals surface area contributed by atoms with Gasteiger partial charge in [0.15, 0.2) is 0 Å². The summed E-state index contributed by atoms with van der Waals surface area (Å²) in [4.78, 5) is 27.0. The smallest absolute Gasteiger partial charge is 0.353 e. The normalized spacial score (nSPS) is 25.2. The number of aliphatic hydroxyl groups is 1. The predicted octanol–water partition coefficient (Wildman–Crippen LogP) is -1.24. The molecule has 62 valence electrons. The van der Waals surface area contributed by atoms with Gasteiger partial charge in [-0.1, -0.05) is 0 Å². The Morgan fingerprint density at radius 2 is 2.09 bits per heavy atom. The van der Waals surface area contributed by atoms with Crippen molar-refractivity contribution in [3.63, 3.8) is 0 Å². The lowest BCUT2D eigenvalue weighted by molar-refractivity contribution is -0.173. The van der Waals surface area contributed by atoms with Gasteiger partial charge in [-0.3, -0.25) is 14.5 Å². The number of carbonyl (C=O) groups excluding carboxylic acids is 2. The molecular formula is C5H8N2O4. The monoisotopic (exact) mass is 160 g/mol. The Balaban J connectivity index is 2.86. The molecule has 6 heteroatoms. The van der Waals surface area contributed by atoms with Gasteiger partial charge in [-0.05, 0) is 0 Å². The molecule has 6 nitrogen and oxygen atoms in total. The minimum atomic E-state index is -1.50. The van der Waals surface area contributed by atoms with E-state index in [9.17, 15) is 9.59 Å². The first-order chi connectivity index (χ1) is 5.09. The molecule has 1 aliphatic heterocycles. The van der Waals surface area contributed by atoms with E-state index in [-0.39, 0.29) is 0 Å². The second kappa shape index (κ2) is 2.48. The van der Waals surface area contributed by atoms with Gasteiger partial charge in [0.05, 0.1) is 7.11 Å². The zero-order valence-electron chi connectivity index (χ0n) is 6.14. The van der Waals surface area contributed by atoms with Crippen LogP contribution in [-0.2, 0) is 9.63 Å². The molecule has 0 aromatic rings. The first kappa shape index (κ1) is 7.96. The molecule has 0 aromatic carbocycles. The Kier molecular flexibility index (Phi) is 1.79. The van der Waals surface area contributed by atoms with Crippen LogP contribution >= 0.6 is 0 Å². The minimum absolute atomic E-state index is 0.600. The number of imide groups is 1. The van der Waals surface area contributed by atoms with Gasteiger partial charge >= 0.3 is 6.03 Å². The topological polar surface area (TPSA) is 70.1 Å². The van der Waals surface area contributed by atoms with Crippen LogP contribution in [0.3, 0.4) is 0 Å². The second-order valence-corrected chi connectivity index (χ2v) is 2.06. The van der Waals surface area contributed by atoms with Crippen molar-refractivity contribution in [1.82, 2.24) is 9.96 Å². The van der Waals surface area contributed by atoms with E-state index in [1.807, 2.05) is 0 Å². The SMILES string of the molecule is CON1C(=O)N(C)C(=O)C1O. The summed E-state index contributed by atoms with van der Waals surface area (Å²) in [7, 11) is 2.47. The molecule has 0 aromatic heterocycles. The van der Waals surface area contributed by atoms with Gasteiger partial charge in [0, 0.05) is 7.05 Å². The van der Waals surface area contributed by atoms with E-state index >= 15 is 0 Å². The molecule has 1 atom stereocenters. The molecule has 1 N–H and O–H groups in total. The zero-order chi connectivity index (χ0) is 8.59. The van der Waals surface area contributed by atoms with Crippen molar-refractivity contribution in [2.24, 2.45) is 0 Å². The maximum atomic E-state index is 10.9. The average Bonchev–Trinajstić information content (AvgIpc) is 2.17. The van der Waals surface area contributed by atoms with Crippen LogP contribution < -0.4 is 0 Å². The summed E-state index contributed by atoms with van der Waals surface area (Å²) >= 11 is 0. The van der Waals surface area contributed by atoms with E-state index in [2.05, 4.69) is 4.84 Å². The summed E-state index contributed by atoms with van der Waals surface area (Å²) < 4.78 is 0. The Morgan fingerprint density at radius 1 is 1.55 bits per heavy atom. The number of carbonyl (C=O) groups is 2. The van der Waals surface area contributed by atoms with E-state index in [0.29, 0.717) is 5.06 Å². The summed E-state index contributed by atoms with van der Waals surface area (Å²) in [5.74, 6) is -0.683. The van der Waals surface area contributed by atoms with Gasteiger partial charge in [0.25, 0.3) is 5.91 Å². The molecule has 0 radical (unpaired) electrons. The Hall–Kier alpha value is -1.14. The number of urea groups is 1. The van der Waals surface area contributed by atoms with Gasteiger partial charge in [-0.15, -0.1) is 0 Å². The summed E-state index contributed by atoms with van der Waals surface area (Å²) in [6, 6.07) is -0.662. The number of aliphatic hydroxyl groups excluding tert-OH is 1. The van der Waals surface area contributed by atoms with Crippen LogP contribution in [0.2, 0.25) is 0 Å². The van der Waals surface area contributed by atoms with Crippen LogP contribution in [-0.4, -0.2) is 47.4 Å². The van der Waals surface area contributed by atoms with E-state index < -0.39 is 18.2 Å². The van der Waals surface area contributed by atoms with Crippen LogP contribution in [0.25, 0.3) is 0 Å². The van der Waals surface area contributed by atoms with Gasteiger partial charge in [0.2, 0.25) is 6.23 Å². The number of amides is 3. The Morgan fingerprint density at radius 3 is 2.27 bits per heavy atom. The largest absolute Gasteiger partial charge is 0.364 e. The van der Waals surface area contributed by atoms with Gasteiger partial charge in [-0.2, -0.15) is 5.06 Å². The fourth-order valence-electron chi connectivity index (χ4n) is 0.798. The highest BCUT2D eigenvalue weighted by molar-refractivity contribution is 6.02. The first-order valence-electron chi connectivity index (χ1n) is 2.92. The minimum Gasteiger partial charge on any atom is -0.364 e. The molecule has 1 rings (SSSR count). The third kappa shape index (κ3) is 0.958. The lowest BCUT2D eigenvalue weighted by atomic mass is 10.5. The molecule has 0 aliphatic carbocycles. The van der Waals surface area contributed by atoms with Crippen molar-refractivity contribution in [2.75, 3.05) is 14.2 Å². The van der Waals surface area contributed by atoms with Crippen molar-refractivity contribution >= 4 is 11.9 Å². The van der Waals surface area contributed by atoms with Crippen LogP contribution in [0.1, 0.15) is 0 Å². The standard InChI is InChI=1S/C5H8N2O4/c1-6-3(8)4(9)7(11-2)5(6)10/h4,9H,1-2H3. The molecule has 0 bridgehead atoms. The summed E-state index contributed by atoms with van der Waals surface area (Å²) in [5, 5.41) is 9.59. The number of hydrogen-bond acceptors (Lipinski definition) is 4. The van der Waals surface area contributed by atoms with Gasteiger partial charge < -0.3 is 5.11 Å². The lowest BCUT2D eigenvalue weighted by Crippen LogP contribution is -2.33. The van der Waals surface area contributed by atoms with Crippen molar-refractivity contribution < 1.29 is 19.5 Å². The third-order valence-corrected chi connectivity index (χ3v) is 1.45. The number of rotatable bonds is 1. The number of hydrogen-bond donors (Lipinski definition) is 1. The molecule has 1 unspecified atom stereocenters. The van der Waals surface area contributed by atoms with E-state index in [1.165, 1.54) is 14.2 Å². The third-order valence-electron chi connectivity index (χ3n) is 1.45. The lowest BCUT2D eigenvalue weighted by Gasteiger charge is -2.12. The fourth-order valence-corrected chi connectivity index (χ4v) is 0.798. The summed E-state index contributed by atoms with van der Waals surface area (Å²) in [5.41, 5.74) is 0. The molecule has 1 fully saturated rings. The molecule has 0 spiro atoms. The molecule has 0 saturated carbocycles. The van der Waals surface area contributed by atoms with Crippen molar-refractivity contribution in [3.05, 3.63) is 0 Å². The number of likely N-dealkylation sites (N-methyl/N-ethyl adjacent to an activating group) is 1. The average molecular weight is 160 g/mol. The van der Waals surface area contributed by atoms with Crippen LogP contribution in [0.5, 0.6) is 0 Å². The maximum Gasteiger partial charge on any atom is 0.353 e. The molecule has 1 saturated heterocycles. The molecule has 1 aliphatic rings. The molecule has 1 heterocycles. The quantitative estimate of drug-likeness (QED) is 0.487. The first-order valence-corrected chi connectivity index (χ1v) is 2.92. The molecule has 3 amide bonds. The summed E-state index contributed by atoms with van der Waals surface area (Å²) in [6.07, 6.45) is -1.50. The zero-order valence-corrected chi connectivity index (χ0v) is 6.14. The maximum absolute atomic E-state index is 10.9. The molecular weight excluding hydrogens is 152 g/mol. The second-order valence-electron chi connectivity index (χ2n) is 2.06. The van der Waals surface area contributed by atoms with E-state index in [0.717, 1.165) is 4.90 Å². The van der Waals surface area contributed by atoms with E-state index in [4.69, 9.17) is 5.11 Å². The van der Waals surface area contributed by atoms with Crippen LogP contribution in [0.4, 0.5) is 4.79 Å². The number of hydroxylamine groups is 2. The number of nitrogens with zero attached hydrogens (tertiary/aromatic N) is 2. The molecule has 11 heavy (non-hydrogen) atoms. The van der Waals surface area contributed by atoms with Gasteiger partial charge in [-0.25, -0.2) is 4.79 Å². The fraction of sp³-hybridized carbons (Fsp3) is 0.600. The van der Waals surface area contributed by atoms with Crippen molar-refractivity contribution in [1.29, 1.82) is 0 Å². The summed E-state index contributed by atoms with van der Waals surface area (Å²) in [6.45, 7) is 0. The van der Waals surface area contributed by atoms with Crippen LogP contribution in [0, 0.1) is 0 Å². The highest BCUT2D eigenvalue weighted by Gasteiger charge is 2.42. The van der Waals surface area contributed by atoms with Crippen LogP contribution in [0.15, 0.2) is 0 Å². The highest BCUT2D eigenvalue weighted by atomic mass is 16.7. The highest BCUT2D eigenvalue weighted by Crippen LogP contribution is 2.12. The van der Waals surface area contributed by atoms with Crippen molar-refractivity contribution in [2.45, 2.75) is 6.23 Å². The van der Waals surface area contributed by atoms with Gasteiger partial charge in [0.1, 0.15) is 0 Å². The Bertz CT molecular complexity index is 205. The predicted molar refractivity (Wildman–Crippen MR) is 33.0 cm³/mol. The van der Waals surface area contributed by atoms with E-state index in [1.54, 1.807) is 0 Å². The Labute approximate surface area is 62.9 Å². The van der Waals surface area contributed by atoms with Crippen molar-refractivity contribution in [3.8, 4) is 0 Å².